The molecule has 1 aromatic carbocycles. The second kappa shape index (κ2) is 8.62. The molecule has 0 bridgehead atoms. The van der Waals surface area contributed by atoms with Crippen LogP contribution >= 0.6 is 0 Å². The van der Waals surface area contributed by atoms with Gasteiger partial charge in [-0.1, -0.05) is 12.1 Å². The topological polar surface area (TPSA) is 27.5 Å². The number of hydrogen-bond acceptors (Lipinski definition) is 4. The minimum absolute atomic E-state index is 0.109. The molecule has 0 N–H and O–H groups in total. The first-order valence-electron chi connectivity index (χ1n) is 10.6. The predicted octanol–water partition coefficient (Wildman–Crippen LogP) is 3.14. The van der Waals surface area contributed by atoms with E-state index in [1.165, 1.54) is 24.9 Å². The van der Waals surface area contributed by atoms with Crippen LogP contribution in [0.5, 0.6) is 0 Å². The lowest BCUT2D eigenvalue weighted by atomic mass is 10.0. The summed E-state index contributed by atoms with van der Waals surface area (Å²) >= 11 is 0. The molecule has 0 spiro atoms. The van der Waals surface area contributed by atoms with Crippen molar-refractivity contribution in [2.75, 3.05) is 44.2 Å². The van der Waals surface area contributed by atoms with E-state index < -0.39 is 0 Å². The number of para-hydroxylation sites is 1. The number of rotatable bonds is 5. The van der Waals surface area contributed by atoms with Crippen LogP contribution in [0.4, 0.5) is 10.1 Å². The second-order valence-corrected chi connectivity index (χ2v) is 8.10. The van der Waals surface area contributed by atoms with Gasteiger partial charge >= 0.3 is 0 Å². The number of likely N-dealkylation sites (tertiary alicyclic amines) is 1. The van der Waals surface area contributed by atoms with Crippen molar-refractivity contribution < 1.29 is 4.39 Å². The van der Waals surface area contributed by atoms with Gasteiger partial charge in [0, 0.05) is 63.6 Å². The number of halogens is 1. The van der Waals surface area contributed by atoms with Crippen LogP contribution in [0, 0.1) is 12.7 Å². The van der Waals surface area contributed by atoms with E-state index in [4.69, 9.17) is 0 Å². The molecule has 6 heteroatoms. The summed E-state index contributed by atoms with van der Waals surface area (Å²) in [6.45, 7) is 12.3. The maximum Gasteiger partial charge on any atom is 0.146 e. The number of piperidine rings is 1. The van der Waals surface area contributed by atoms with Crippen molar-refractivity contribution in [1.29, 1.82) is 0 Å². The molecule has 4 rings (SSSR count). The van der Waals surface area contributed by atoms with Gasteiger partial charge in [0.2, 0.25) is 0 Å². The fourth-order valence-corrected chi connectivity index (χ4v) is 4.63. The Bertz CT molecular complexity index is 781. The normalized spacial score (nSPS) is 22.0. The summed E-state index contributed by atoms with van der Waals surface area (Å²) in [5.41, 5.74) is 3.25. The average Bonchev–Trinajstić information content (AvgIpc) is 3.08. The summed E-state index contributed by atoms with van der Waals surface area (Å²) in [5.74, 6) is -0.109. The molecule has 2 aromatic rings. The van der Waals surface area contributed by atoms with E-state index in [0.717, 1.165) is 57.2 Å². The van der Waals surface area contributed by atoms with Gasteiger partial charge in [-0.15, -0.1) is 0 Å². The third-order valence-corrected chi connectivity index (χ3v) is 6.27. The van der Waals surface area contributed by atoms with Crippen LogP contribution in [-0.2, 0) is 13.1 Å². The van der Waals surface area contributed by atoms with Crippen LogP contribution in [0.1, 0.15) is 31.0 Å². The molecule has 0 radical (unpaired) electrons. The van der Waals surface area contributed by atoms with Crippen molar-refractivity contribution in [3.8, 4) is 0 Å². The molecule has 2 aliphatic rings. The highest BCUT2D eigenvalue weighted by Gasteiger charge is 2.29. The molecule has 2 aliphatic heterocycles. The highest BCUT2D eigenvalue weighted by Crippen LogP contribution is 2.24. The maximum atomic E-state index is 14.1. The smallest absolute Gasteiger partial charge is 0.146 e. The van der Waals surface area contributed by atoms with Gasteiger partial charge in [-0.25, -0.2) is 4.39 Å². The zero-order chi connectivity index (χ0) is 19.5. The van der Waals surface area contributed by atoms with Gasteiger partial charge in [0.15, 0.2) is 0 Å². The van der Waals surface area contributed by atoms with Crippen LogP contribution in [0.25, 0.3) is 0 Å². The molecular weight excluding hydrogens is 353 g/mol. The van der Waals surface area contributed by atoms with Gasteiger partial charge in [0.25, 0.3) is 0 Å². The summed E-state index contributed by atoms with van der Waals surface area (Å²) in [7, 11) is 0. The fraction of sp³-hybridized carbons (Fsp3) is 0.591. The summed E-state index contributed by atoms with van der Waals surface area (Å²) in [5, 5.41) is 4.59. The Morgan fingerprint density at radius 1 is 1.11 bits per heavy atom. The van der Waals surface area contributed by atoms with Gasteiger partial charge in [-0.2, -0.15) is 5.10 Å². The number of aryl methyl sites for hydroxylation is 2. The molecule has 0 unspecified atom stereocenters. The van der Waals surface area contributed by atoms with E-state index >= 15 is 0 Å². The lowest BCUT2D eigenvalue weighted by Crippen LogP contribution is -2.55. The molecule has 2 saturated heterocycles. The Morgan fingerprint density at radius 3 is 2.61 bits per heavy atom. The number of aromatic nitrogens is 2. The Hall–Kier alpha value is -1.92. The minimum atomic E-state index is -0.109. The van der Waals surface area contributed by atoms with Crippen molar-refractivity contribution in [1.82, 2.24) is 19.6 Å². The van der Waals surface area contributed by atoms with Crippen molar-refractivity contribution in [2.45, 2.75) is 45.8 Å². The van der Waals surface area contributed by atoms with Crippen molar-refractivity contribution in [3.05, 3.63) is 47.5 Å². The van der Waals surface area contributed by atoms with Crippen molar-refractivity contribution in [3.63, 3.8) is 0 Å². The Balaban J connectivity index is 1.33. The molecule has 0 amide bonds. The Morgan fingerprint density at radius 2 is 1.89 bits per heavy atom. The molecule has 28 heavy (non-hydrogen) atoms. The van der Waals surface area contributed by atoms with E-state index in [-0.39, 0.29) is 5.82 Å². The van der Waals surface area contributed by atoms with E-state index in [9.17, 15) is 4.39 Å². The molecule has 2 fully saturated rings. The molecular formula is C22H32FN5. The largest absolute Gasteiger partial charge is 0.367 e. The van der Waals surface area contributed by atoms with Crippen molar-refractivity contribution in [2.24, 2.45) is 0 Å². The van der Waals surface area contributed by atoms with Gasteiger partial charge in [0.1, 0.15) is 5.82 Å². The Labute approximate surface area is 167 Å². The highest BCUT2D eigenvalue weighted by atomic mass is 19.1. The molecule has 3 heterocycles. The summed E-state index contributed by atoms with van der Waals surface area (Å²) < 4.78 is 16.1. The number of benzene rings is 1. The standard InChI is InChI=1S/C22H32FN5/c1-3-28-16-19(18(2)24-28)15-25-10-6-7-20(17-25)26-11-13-27(14-12-26)22-9-5-4-8-21(22)23/h4-5,8-9,16,20H,3,6-7,10-15,17H2,1-2H3/t20-/m0/s1. The van der Waals surface area contributed by atoms with E-state index in [1.807, 2.05) is 16.8 Å². The van der Waals surface area contributed by atoms with Gasteiger partial charge in [0.05, 0.1) is 11.4 Å². The minimum Gasteiger partial charge on any atom is -0.367 e. The molecule has 5 nitrogen and oxygen atoms in total. The lowest BCUT2D eigenvalue weighted by Gasteiger charge is -2.44. The first kappa shape index (κ1) is 19.4. The molecule has 0 aliphatic carbocycles. The molecule has 0 saturated carbocycles. The van der Waals surface area contributed by atoms with Gasteiger partial charge in [-0.05, 0) is 45.4 Å². The highest BCUT2D eigenvalue weighted by molar-refractivity contribution is 5.48. The summed E-state index contributed by atoms with van der Waals surface area (Å²) in [4.78, 5) is 7.39. The second-order valence-electron chi connectivity index (χ2n) is 8.10. The first-order valence-corrected chi connectivity index (χ1v) is 10.6. The van der Waals surface area contributed by atoms with Gasteiger partial charge < -0.3 is 4.90 Å². The zero-order valence-corrected chi connectivity index (χ0v) is 17.1. The third kappa shape index (κ3) is 4.23. The van der Waals surface area contributed by atoms with Gasteiger partial charge in [-0.3, -0.25) is 14.5 Å². The monoisotopic (exact) mass is 385 g/mol. The van der Waals surface area contributed by atoms with Crippen LogP contribution in [0.2, 0.25) is 0 Å². The molecule has 1 atom stereocenters. The number of nitrogens with zero attached hydrogens (tertiary/aromatic N) is 5. The average molecular weight is 386 g/mol. The van der Waals surface area contributed by atoms with Crippen LogP contribution < -0.4 is 4.90 Å². The molecule has 152 valence electrons. The first-order chi connectivity index (χ1) is 13.6. The van der Waals surface area contributed by atoms with E-state index in [2.05, 4.69) is 39.8 Å². The summed E-state index contributed by atoms with van der Waals surface area (Å²) in [6, 6.07) is 7.75. The number of anilines is 1. The SMILES string of the molecule is CCn1cc(CN2CCC[C@H](N3CCN(c4ccccc4F)CC3)C2)c(C)n1. The van der Waals surface area contributed by atoms with Crippen LogP contribution in [0.3, 0.4) is 0 Å². The fourth-order valence-electron chi connectivity index (χ4n) is 4.63. The van der Waals surface area contributed by atoms with Crippen molar-refractivity contribution >= 4 is 5.69 Å². The number of piperazine rings is 1. The number of hydrogen-bond donors (Lipinski definition) is 0. The zero-order valence-electron chi connectivity index (χ0n) is 17.1. The quantitative estimate of drug-likeness (QED) is 0.790. The predicted molar refractivity (Wildman–Crippen MR) is 111 cm³/mol. The van der Waals surface area contributed by atoms with Crippen LogP contribution in [0.15, 0.2) is 30.5 Å². The Kier molecular flexibility index (Phi) is 5.97. The summed E-state index contributed by atoms with van der Waals surface area (Å²) in [6.07, 6.45) is 4.72. The van der Waals surface area contributed by atoms with E-state index in [1.54, 1.807) is 12.1 Å². The van der Waals surface area contributed by atoms with E-state index in [0.29, 0.717) is 6.04 Å². The van der Waals surface area contributed by atoms with Crippen LogP contribution in [-0.4, -0.2) is 64.9 Å². The molecule has 1 aromatic heterocycles. The lowest BCUT2D eigenvalue weighted by molar-refractivity contribution is 0.0885. The maximum absolute atomic E-state index is 14.1. The third-order valence-electron chi connectivity index (χ3n) is 6.27.